The molecule has 0 fully saturated rings. The number of amides is 3. The Morgan fingerprint density at radius 2 is 2.06 bits per heavy atom. The number of nitrogens with one attached hydrogen (secondary N) is 2. The van der Waals surface area contributed by atoms with E-state index in [1.54, 1.807) is 32.0 Å². The van der Waals surface area contributed by atoms with Gasteiger partial charge < -0.3 is 5.32 Å². The van der Waals surface area contributed by atoms with Gasteiger partial charge in [-0.3, -0.25) is 10.1 Å². The number of carbonyl (C=O) groups is 2. The van der Waals surface area contributed by atoms with E-state index < -0.39 is 17.2 Å². The first-order chi connectivity index (χ1) is 8.54. The van der Waals surface area contributed by atoms with Gasteiger partial charge >= 0.3 is 6.03 Å². The molecule has 1 atom stereocenters. The van der Waals surface area contributed by atoms with Crippen molar-refractivity contribution in [2.75, 3.05) is 6.54 Å². The molecule has 0 radical (unpaired) electrons. The molecule has 0 saturated heterocycles. The van der Waals surface area contributed by atoms with Crippen LogP contribution in [-0.4, -0.2) is 23.7 Å². The van der Waals surface area contributed by atoms with E-state index in [-0.39, 0.29) is 5.82 Å². The largest absolute Gasteiger partial charge is 0.338 e. The average Bonchev–Trinajstić information content (AvgIpc) is 2.32. The lowest BCUT2D eigenvalue weighted by Crippen LogP contribution is -2.42. The molecule has 0 bridgehead atoms. The lowest BCUT2D eigenvalue weighted by Gasteiger charge is -2.11. The zero-order chi connectivity index (χ0) is 13.5. The number of hydrogen-bond acceptors (Lipinski definition) is 3. The number of imide groups is 1. The van der Waals surface area contributed by atoms with Crippen LogP contribution in [0.15, 0.2) is 29.2 Å². The molecule has 18 heavy (non-hydrogen) atoms. The number of rotatable bonds is 4. The van der Waals surface area contributed by atoms with Gasteiger partial charge in [0.25, 0.3) is 0 Å². The third kappa shape index (κ3) is 4.37. The van der Waals surface area contributed by atoms with Crippen molar-refractivity contribution >= 4 is 23.7 Å². The van der Waals surface area contributed by atoms with E-state index in [0.29, 0.717) is 11.4 Å². The Hall–Kier alpha value is -1.56. The second kappa shape index (κ2) is 7.00. The SMILES string of the molecule is CCNC(=O)NC(=O)[C@H](C)Sc1ccccc1F. The van der Waals surface area contributed by atoms with Gasteiger partial charge in [-0.1, -0.05) is 12.1 Å². The molecule has 1 aromatic carbocycles. The Labute approximate surface area is 109 Å². The highest BCUT2D eigenvalue weighted by molar-refractivity contribution is 8.00. The molecule has 4 nitrogen and oxygen atoms in total. The van der Waals surface area contributed by atoms with Crippen LogP contribution < -0.4 is 10.6 Å². The minimum absolute atomic E-state index is 0.375. The Balaban J connectivity index is 2.55. The summed E-state index contributed by atoms with van der Waals surface area (Å²) in [6.07, 6.45) is 0. The molecule has 0 spiro atoms. The van der Waals surface area contributed by atoms with Crippen LogP contribution in [0.5, 0.6) is 0 Å². The molecule has 2 N–H and O–H groups in total. The Morgan fingerprint density at radius 3 is 2.67 bits per heavy atom. The highest BCUT2D eigenvalue weighted by Gasteiger charge is 2.17. The van der Waals surface area contributed by atoms with Crippen molar-refractivity contribution in [3.8, 4) is 0 Å². The summed E-state index contributed by atoms with van der Waals surface area (Å²) in [6, 6.07) is 5.66. The van der Waals surface area contributed by atoms with Gasteiger partial charge in [0.15, 0.2) is 0 Å². The van der Waals surface area contributed by atoms with E-state index in [9.17, 15) is 14.0 Å². The van der Waals surface area contributed by atoms with E-state index in [1.165, 1.54) is 6.07 Å². The van der Waals surface area contributed by atoms with Gasteiger partial charge in [0.2, 0.25) is 5.91 Å². The van der Waals surface area contributed by atoms with Crippen LogP contribution >= 0.6 is 11.8 Å². The van der Waals surface area contributed by atoms with E-state index in [0.717, 1.165) is 11.8 Å². The van der Waals surface area contributed by atoms with Crippen molar-refractivity contribution < 1.29 is 14.0 Å². The molecule has 0 aliphatic heterocycles. The summed E-state index contributed by atoms with van der Waals surface area (Å²) in [5, 5.41) is 4.09. The van der Waals surface area contributed by atoms with Gasteiger partial charge in [-0.2, -0.15) is 0 Å². The second-order valence-corrected chi connectivity index (χ2v) is 4.92. The zero-order valence-electron chi connectivity index (χ0n) is 10.2. The lowest BCUT2D eigenvalue weighted by molar-refractivity contribution is -0.119. The van der Waals surface area contributed by atoms with Crippen molar-refractivity contribution in [2.45, 2.75) is 24.0 Å². The number of benzene rings is 1. The summed E-state index contributed by atoms with van der Waals surface area (Å²) in [5.41, 5.74) is 0. The van der Waals surface area contributed by atoms with Crippen LogP contribution in [0.25, 0.3) is 0 Å². The summed E-state index contributed by atoms with van der Waals surface area (Å²) >= 11 is 1.07. The van der Waals surface area contributed by atoms with Crippen LogP contribution in [0.1, 0.15) is 13.8 Å². The van der Waals surface area contributed by atoms with Gasteiger partial charge in [-0.25, -0.2) is 9.18 Å². The number of halogens is 1. The van der Waals surface area contributed by atoms with Crippen molar-refractivity contribution in [3.05, 3.63) is 30.1 Å². The minimum atomic E-state index is -0.551. The summed E-state index contributed by atoms with van der Waals surface area (Å²) in [4.78, 5) is 23.2. The standard InChI is InChI=1S/C12H15FN2O2S/c1-3-14-12(17)15-11(16)8(2)18-10-7-5-4-6-9(10)13/h4-8H,3H2,1-2H3,(H2,14,15,16,17)/t8-/m0/s1. The van der Waals surface area contributed by atoms with Gasteiger partial charge in [0, 0.05) is 11.4 Å². The van der Waals surface area contributed by atoms with Gasteiger partial charge in [0.1, 0.15) is 5.82 Å². The first-order valence-electron chi connectivity index (χ1n) is 5.54. The topological polar surface area (TPSA) is 58.2 Å². The molecule has 0 heterocycles. The summed E-state index contributed by atoms with van der Waals surface area (Å²) in [7, 11) is 0. The van der Waals surface area contributed by atoms with Crippen LogP contribution in [0.2, 0.25) is 0 Å². The molecule has 98 valence electrons. The lowest BCUT2D eigenvalue weighted by atomic mass is 10.3. The summed E-state index contributed by atoms with van der Waals surface area (Å²) < 4.78 is 13.4. The van der Waals surface area contributed by atoms with E-state index in [4.69, 9.17) is 0 Å². The molecule has 0 aromatic heterocycles. The van der Waals surface area contributed by atoms with Crippen molar-refractivity contribution in [1.82, 2.24) is 10.6 Å². The normalized spacial score (nSPS) is 11.7. The molecule has 0 aliphatic rings. The number of carbonyl (C=O) groups excluding carboxylic acids is 2. The fourth-order valence-corrected chi connectivity index (χ4v) is 2.09. The third-order valence-corrected chi connectivity index (χ3v) is 3.24. The van der Waals surface area contributed by atoms with Crippen LogP contribution in [-0.2, 0) is 4.79 Å². The first-order valence-corrected chi connectivity index (χ1v) is 6.42. The van der Waals surface area contributed by atoms with Crippen LogP contribution in [0.4, 0.5) is 9.18 Å². The molecule has 0 saturated carbocycles. The first kappa shape index (κ1) is 14.5. The van der Waals surface area contributed by atoms with E-state index in [2.05, 4.69) is 10.6 Å². The van der Waals surface area contributed by atoms with Gasteiger partial charge in [-0.15, -0.1) is 11.8 Å². The highest BCUT2D eigenvalue weighted by Crippen LogP contribution is 2.25. The van der Waals surface area contributed by atoms with Crippen molar-refractivity contribution in [3.63, 3.8) is 0 Å². The monoisotopic (exact) mass is 270 g/mol. The molecular weight excluding hydrogens is 255 g/mol. The molecule has 3 amide bonds. The minimum Gasteiger partial charge on any atom is -0.338 e. The quantitative estimate of drug-likeness (QED) is 0.824. The number of thioether (sulfide) groups is 1. The second-order valence-electron chi connectivity index (χ2n) is 3.54. The number of hydrogen-bond donors (Lipinski definition) is 2. The smallest absolute Gasteiger partial charge is 0.321 e. The molecule has 0 aliphatic carbocycles. The van der Waals surface area contributed by atoms with Gasteiger partial charge in [0.05, 0.1) is 5.25 Å². The fourth-order valence-electron chi connectivity index (χ4n) is 1.20. The van der Waals surface area contributed by atoms with E-state index in [1.807, 2.05) is 0 Å². The molecule has 1 aromatic rings. The Bertz CT molecular complexity index is 440. The maximum atomic E-state index is 13.4. The Kier molecular flexibility index (Phi) is 5.64. The number of urea groups is 1. The van der Waals surface area contributed by atoms with Gasteiger partial charge in [-0.05, 0) is 26.0 Å². The Morgan fingerprint density at radius 1 is 1.39 bits per heavy atom. The maximum absolute atomic E-state index is 13.4. The van der Waals surface area contributed by atoms with Crippen LogP contribution in [0.3, 0.4) is 0 Å². The fraction of sp³-hybridized carbons (Fsp3) is 0.333. The maximum Gasteiger partial charge on any atom is 0.321 e. The zero-order valence-corrected chi connectivity index (χ0v) is 11.0. The molecule has 0 unspecified atom stereocenters. The molecule has 6 heteroatoms. The third-order valence-electron chi connectivity index (χ3n) is 2.08. The summed E-state index contributed by atoms with van der Waals surface area (Å²) in [5.74, 6) is -0.825. The van der Waals surface area contributed by atoms with E-state index >= 15 is 0 Å². The predicted octanol–water partition coefficient (Wildman–Crippen LogP) is 2.15. The highest BCUT2D eigenvalue weighted by atomic mass is 32.2. The van der Waals surface area contributed by atoms with Crippen LogP contribution in [0, 0.1) is 5.82 Å². The predicted molar refractivity (Wildman–Crippen MR) is 68.9 cm³/mol. The molecule has 1 rings (SSSR count). The molecular formula is C12H15FN2O2S. The van der Waals surface area contributed by atoms with Crippen molar-refractivity contribution in [1.29, 1.82) is 0 Å². The summed E-state index contributed by atoms with van der Waals surface area (Å²) in [6.45, 7) is 3.81. The van der Waals surface area contributed by atoms with Crippen molar-refractivity contribution in [2.24, 2.45) is 0 Å². The average molecular weight is 270 g/mol.